The van der Waals surface area contributed by atoms with E-state index in [9.17, 15) is 5.26 Å². The Morgan fingerprint density at radius 1 is 1.09 bits per heavy atom. The molecular formula is C24H29N4O3Si. The first-order valence-electron chi connectivity index (χ1n) is 10.4. The van der Waals surface area contributed by atoms with Gasteiger partial charge >= 0.3 is 0 Å². The number of nitrogens with zero attached hydrogens (tertiary/aromatic N) is 3. The van der Waals surface area contributed by atoms with E-state index in [4.69, 9.17) is 13.7 Å². The van der Waals surface area contributed by atoms with Crippen LogP contribution < -0.4 is 14.5 Å². The number of hydrogen-bond donors (Lipinski definition) is 1. The summed E-state index contributed by atoms with van der Waals surface area (Å²) in [6.45, 7) is 12.3. The number of anilines is 1. The molecule has 7 nitrogen and oxygen atoms in total. The maximum atomic E-state index is 9.99. The van der Waals surface area contributed by atoms with Crippen LogP contribution in [0.15, 0.2) is 40.9 Å². The SMILES string of the molecule is COc1c(C(C)(C)C)ccc(C(C#N)Nc2ccc(-c3noc(C)n3)cc2)c1O[Si](C)C. The summed E-state index contributed by atoms with van der Waals surface area (Å²) in [7, 11) is 0.556. The van der Waals surface area contributed by atoms with Gasteiger partial charge < -0.3 is 19.0 Å². The molecule has 32 heavy (non-hydrogen) atoms. The molecule has 0 aliphatic heterocycles. The lowest BCUT2D eigenvalue weighted by molar-refractivity contribution is 0.377. The van der Waals surface area contributed by atoms with Crippen molar-refractivity contribution in [1.29, 1.82) is 5.26 Å². The minimum absolute atomic E-state index is 0.130. The summed E-state index contributed by atoms with van der Waals surface area (Å²) in [5, 5.41) is 17.2. The predicted octanol–water partition coefficient (Wildman–Crippen LogP) is 5.66. The topological polar surface area (TPSA) is 93.2 Å². The molecule has 1 atom stereocenters. The fourth-order valence-corrected chi connectivity index (χ4v) is 4.00. The smallest absolute Gasteiger partial charge is 0.274 e. The van der Waals surface area contributed by atoms with Gasteiger partial charge in [0.15, 0.2) is 11.5 Å². The van der Waals surface area contributed by atoms with Crippen molar-refractivity contribution in [3.05, 3.63) is 53.4 Å². The van der Waals surface area contributed by atoms with E-state index in [1.807, 2.05) is 36.4 Å². The van der Waals surface area contributed by atoms with Gasteiger partial charge in [0, 0.05) is 29.3 Å². The Labute approximate surface area is 191 Å². The summed E-state index contributed by atoms with van der Waals surface area (Å²) in [5.41, 5.74) is 3.30. The zero-order valence-corrected chi connectivity index (χ0v) is 20.6. The van der Waals surface area contributed by atoms with Crippen LogP contribution in [0.3, 0.4) is 0 Å². The lowest BCUT2D eigenvalue weighted by atomic mass is 9.85. The number of ether oxygens (including phenoxy) is 1. The van der Waals surface area contributed by atoms with Gasteiger partial charge in [-0.05, 0) is 42.8 Å². The van der Waals surface area contributed by atoms with Gasteiger partial charge in [-0.25, -0.2) is 0 Å². The molecule has 1 aromatic heterocycles. The van der Waals surface area contributed by atoms with Crippen molar-refractivity contribution >= 4 is 14.7 Å². The quantitative estimate of drug-likeness (QED) is 0.465. The van der Waals surface area contributed by atoms with Crippen LogP contribution in [0.4, 0.5) is 5.69 Å². The van der Waals surface area contributed by atoms with Gasteiger partial charge in [0.1, 0.15) is 6.04 Å². The standard InChI is InChI=1S/C24H29N4O3Si/c1-15-26-23(28-30-15)16-8-10-17(11-9-16)27-20(14-25)18-12-13-19(24(2,3)4)22(29-5)21(18)31-32(6)7/h8-13,20,27H,1-7H3. The van der Waals surface area contributed by atoms with E-state index < -0.39 is 15.1 Å². The van der Waals surface area contributed by atoms with Gasteiger partial charge in [0.2, 0.25) is 11.7 Å². The highest BCUT2D eigenvalue weighted by atomic mass is 28.3. The van der Waals surface area contributed by atoms with Crippen LogP contribution in [-0.4, -0.2) is 26.3 Å². The van der Waals surface area contributed by atoms with Crippen molar-refractivity contribution in [3.8, 4) is 29.0 Å². The summed E-state index contributed by atoms with van der Waals surface area (Å²) >= 11 is 0. The molecule has 1 N–H and O–H groups in total. The Hall–Kier alpha value is -3.31. The molecule has 1 heterocycles. The number of methoxy groups -OCH3 is 1. The van der Waals surface area contributed by atoms with Gasteiger partial charge in [-0.3, -0.25) is 0 Å². The highest BCUT2D eigenvalue weighted by Crippen LogP contribution is 2.43. The summed E-state index contributed by atoms with van der Waals surface area (Å²) in [5.74, 6) is 2.37. The highest BCUT2D eigenvalue weighted by Gasteiger charge is 2.27. The molecular weight excluding hydrogens is 420 g/mol. The minimum atomic E-state index is -1.09. The van der Waals surface area contributed by atoms with Crippen LogP contribution in [0, 0.1) is 18.3 Å². The minimum Gasteiger partial charge on any atom is -0.540 e. The second-order valence-electron chi connectivity index (χ2n) is 8.75. The zero-order valence-electron chi connectivity index (χ0n) is 19.6. The average Bonchev–Trinajstić information content (AvgIpc) is 3.17. The lowest BCUT2D eigenvalue weighted by Gasteiger charge is -2.27. The highest BCUT2D eigenvalue weighted by molar-refractivity contribution is 6.49. The number of benzene rings is 2. The van der Waals surface area contributed by atoms with E-state index in [0.717, 1.165) is 22.4 Å². The van der Waals surface area contributed by atoms with Crippen LogP contribution in [-0.2, 0) is 5.41 Å². The number of aromatic nitrogens is 2. The number of nitriles is 1. The van der Waals surface area contributed by atoms with E-state index in [2.05, 4.69) is 55.4 Å². The summed E-state index contributed by atoms with van der Waals surface area (Å²) in [6, 6.07) is 13.3. The van der Waals surface area contributed by atoms with Gasteiger partial charge in [-0.1, -0.05) is 38.1 Å². The van der Waals surface area contributed by atoms with Crippen molar-refractivity contribution < 1.29 is 13.7 Å². The Morgan fingerprint density at radius 2 is 1.78 bits per heavy atom. The third-order valence-corrected chi connectivity index (χ3v) is 5.50. The second-order valence-corrected chi connectivity index (χ2v) is 10.8. The monoisotopic (exact) mass is 449 g/mol. The van der Waals surface area contributed by atoms with Gasteiger partial charge in [0.05, 0.1) is 13.2 Å². The largest absolute Gasteiger partial charge is 0.540 e. The normalized spacial score (nSPS) is 12.3. The Morgan fingerprint density at radius 3 is 2.28 bits per heavy atom. The van der Waals surface area contributed by atoms with Crippen molar-refractivity contribution in [1.82, 2.24) is 10.1 Å². The number of hydrogen-bond acceptors (Lipinski definition) is 7. The zero-order chi connectivity index (χ0) is 23.5. The maximum absolute atomic E-state index is 9.99. The molecule has 2 aromatic carbocycles. The fraction of sp³-hybridized carbons (Fsp3) is 0.375. The average molecular weight is 450 g/mol. The molecule has 167 valence electrons. The molecule has 0 spiro atoms. The van der Waals surface area contributed by atoms with Crippen LogP contribution in [0.2, 0.25) is 13.1 Å². The fourth-order valence-electron chi connectivity index (χ4n) is 3.39. The number of aryl methyl sites for hydroxylation is 1. The van der Waals surface area contributed by atoms with Crippen molar-refractivity contribution in [2.75, 3.05) is 12.4 Å². The van der Waals surface area contributed by atoms with Crippen molar-refractivity contribution in [2.45, 2.75) is 52.2 Å². The predicted molar refractivity (Wildman–Crippen MR) is 126 cm³/mol. The summed E-state index contributed by atoms with van der Waals surface area (Å²) < 4.78 is 17.1. The van der Waals surface area contributed by atoms with E-state index in [1.54, 1.807) is 14.0 Å². The Balaban J connectivity index is 1.96. The molecule has 0 bridgehead atoms. The van der Waals surface area contributed by atoms with Crippen LogP contribution in [0.25, 0.3) is 11.4 Å². The molecule has 3 aromatic rings. The Kier molecular flexibility index (Phi) is 6.89. The van der Waals surface area contributed by atoms with Crippen molar-refractivity contribution in [2.24, 2.45) is 0 Å². The van der Waals surface area contributed by atoms with E-state index in [-0.39, 0.29) is 5.41 Å². The van der Waals surface area contributed by atoms with Gasteiger partial charge in [-0.2, -0.15) is 10.2 Å². The molecule has 0 saturated heterocycles. The molecule has 0 aliphatic rings. The molecule has 3 rings (SSSR count). The molecule has 0 saturated carbocycles. The van der Waals surface area contributed by atoms with Gasteiger partial charge in [0.25, 0.3) is 9.04 Å². The molecule has 8 heteroatoms. The number of nitrogens with one attached hydrogen (secondary N) is 1. The molecule has 0 amide bonds. The summed E-state index contributed by atoms with van der Waals surface area (Å²) in [4.78, 5) is 4.24. The Bertz CT molecular complexity index is 1110. The first kappa shape index (κ1) is 23.4. The van der Waals surface area contributed by atoms with Crippen LogP contribution >= 0.6 is 0 Å². The third-order valence-electron chi connectivity index (χ3n) is 4.88. The molecule has 1 unspecified atom stereocenters. The van der Waals surface area contributed by atoms with Crippen LogP contribution in [0.1, 0.15) is 43.8 Å². The van der Waals surface area contributed by atoms with E-state index in [1.165, 1.54) is 0 Å². The third kappa shape index (κ3) is 5.11. The molecule has 0 fully saturated rings. The first-order valence-corrected chi connectivity index (χ1v) is 12.8. The van der Waals surface area contributed by atoms with Crippen molar-refractivity contribution in [3.63, 3.8) is 0 Å². The summed E-state index contributed by atoms with van der Waals surface area (Å²) in [6.07, 6.45) is 0. The first-order chi connectivity index (χ1) is 15.1. The van der Waals surface area contributed by atoms with Gasteiger partial charge in [-0.15, -0.1) is 0 Å². The van der Waals surface area contributed by atoms with Crippen LogP contribution in [0.5, 0.6) is 11.5 Å². The molecule has 0 aliphatic carbocycles. The lowest BCUT2D eigenvalue weighted by Crippen LogP contribution is -2.20. The molecule has 1 radical (unpaired) electrons. The van der Waals surface area contributed by atoms with E-state index in [0.29, 0.717) is 23.2 Å². The second kappa shape index (κ2) is 9.45. The number of rotatable bonds is 7. The maximum Gasteiger partial charge on any atom is 0.274 e. The van der Waals surface area contributed by atoms with E-state index >= 15 is 0 Å².